The van der Waals surface area contributed by atoms with E-state index in [4.69, 9.17) is 5.11 Å². The van der Waals surface area contributed by atoms with E-state index in [1.165, 1.54) is 6.42 Å². The van der Waals surface area contributed by atoms with Crippen molar-refractivity contribution in [1.82, 2.24) is 9.80 Å². The fourth-order valence-corrected chi connectivity index (χ4v) is 2.62. The average molecular weight is 242 g/mol. The Labute approximate surface area is 105 Å². The predicted octanol–water partition coefficient (Wildman–Crippen LogP) is 1.66. The largest absolute Gasteiger partial charge is 0.481 e. The molecular formula is C13H26N2O2. The summed E-state index contributed by atoms with van der Waals surface area (Å²) < 4.78 is 0. The van der Waals surface area contributed by atoms with Crippen LogP contribution in [0.5, 0.6) is 0 Å². The van der Waals surface area contributed by atoms with E-state index in [-0.39, 0.29) is 12.5 Å². The smallest absolute Gasteiger partial charge is 0.304 e. The first-order valence-electron chi connectivity index (χ1n) is 6.70. The third-order valence-electron chi connectivity index (χ3n) is 3.67. The fourth-order valence-electron chi connectivity index (χ4n) is 2.62. The van der Waals surface area contributed by atoms with Crippen LogP contribution in [0.3, 0.4) is 0 Å². The first-order valence-corrected chi connectivity index (χ1v) is 6.70. The Morgan fingerprint density at radius 3 is 2.76 bits per heavy atom. The minimum Gasteiger partial charge on any atom is -0.481 e. The van der Waals surface area contributed by atoms with Gasteiger partial charge in [0.25, 0.3) is 0 Å². The molecule has 0 bridgehead atoms. The van der Waals surface area contributed by atoms with Crippen molar-refractivity contribution in [1.29, 1.82) is 0 Å². The summed E-state index contributed by atoms with van der Waals surface area (Å²) in [6, 6.07) is 0.664. The molecule has 0 aromatic rings. The third kappa shape index (κ3) is 4.64. The van der Waals surface area contributed by atoms with Gasteiger partial charge in [-0.25, -0.2) is 0 Å². The van der Waals surface area contributed by atoms with E-state index in [9.17, 15) is 4.79 Å². The zero-order chi connectivity index (χ0) is 12.8. The first-order chi connectivity index (χ1) is 8.04. The lowest BCUT2D eigenvalue weighted by Gasteiger charge is -2.34. The van der Waals surface area contributed by atoms with Gasteiger partial charge in [0, 0.05) is 18.6 Å². The van der Waals surface area contributed by atoms with Crippen molar-refractivity contribution >= 4 is 5.97 Å². The predicted molar refractivity (Wildman–Crippen MR) is 69.2 cm³/mol. The third-order valence-corrected chi connectivity index (χ3v) is 3.67. The Morgan fingerprint density at radius 2 is 2.18 bits per heavy atom. The molecule has 4 heteroatoms. The van der Waals surface area contributed by atoms with Crippen LogP contribution in [0.1, 0.15) is 39.5 Å². The summed E-state index contributed by atoms with van der Waals surface area (Å²) in [7, 11) is 2.09. The van der Waals surface area contributed by atoms with Gasteiger partial charge in [-0.2, -0.15) is 0 Å². The number of aliphatic carboxylic acids is 1. The van der Waals surface area contributed by atoms with Crippen LogP contribution in [0.15, 0.2) is 0 Å². The molecule has 0 aromatic carbocycles. The van der Waals surface area contributed by atoms with Gasteiger partial charge < -0.3 is 10.0 Å². The lowest BCUT2D eigenvalue weighted by molar-refractivity contribution is -0.138. The lowest BCUT2D eigenvalue weighted by Crippen LogP contribution is -2.45. The molecule has 1 fully saturated rings. The molecule has 0 spiro atoms. The van der Waals surface area contributed by atoms with Crippen LogP contribution in [0.25, 0.3) is 0 Å². The zero-order valence-corrected chi connectivity index (χ0v) is 11.4. The zero-order valence-electron chi connectivity index (χ0n) is 11.4. The Hall–Kier alpha value is -0.610. The van der Waals surface area contributed by atoms with Gasteiger partial charge in [-0.3, -0.25) is 9.69 Å². The molecule has 1 N–H and O–H groups in total. The quantitative estimate of drug-likeness (QED) is 0.796. The second kappa shape index (κ2) is 6.97. The highest BCUT2D eigenvalue weighted by molar-refractivity contribution is 5.67. The number of rotatable bonds is 5. The van der Waals surface area contributed by atoms with Gasteiger partial charge >= 0.3 is 5.97 Å². The molecule has 0 aromatic heterocycles. The maximum atomic E-state index is 11.0. The Kier molecular flexibility index (Phi) is 5.92. The summed E-state index contributed by atoms with van der Waals surface area (Å²) in [6.07, 6.45) is 3.72. The summed E-state index contributed by atoms with van der Waals surface area (Å²) in [5.74, 6) is -0.681. The highest BCUT2D eigenvalue weighted by atomic mass is 16.4. The van der Waals surface area contributed by atoms with Crippen LogP contribution < -0.4 is 0 Å². The van der Waals surface area contributed by atoms with Gasteiger partial charge in [0.05, 0.1) is 6.42 Å². The molecule has 2 unspecified atom stereocenters. The summed E-state index contributed by atoms with van der Waals surface area (Å²) in [5, 5.41) is 9.03. The van der Waals surface area contributed by atoms with Gasteiger partial charge in [-0.1, -0.05) is 13.3 Å². The second-order valence-corrected chi connectivity index (χ2v) is 5.24. The van der Waals surface area contributed by atoms with E-state index in [1.807, 2.05) is 0 Å². The van der Waals surface area contributed by atoms with E-state index >= 15 is 0 Å². The first kappa shape index (κ1) is 14.5. The van der Waals surface area contributed by atoms with Crippen LogP contribution in [-0.4, -0.2) is 59.6 Å². The van der Waals surface area contributed by atoms with Crippen LogP contribution in [0.2, 0.25) is 0 Å². The normalized spacial score (nSPS) is 27.9. The minimum atomic E-state index is -0.681. The van der Waals surface area contributed by atoms with Gasteiger partial charge in [0.2, 0.25) is 0 Å². The standard InChI is InChI=1S/C13H26N2O2/c1-4-5-7-15-11(2)6-8-14(3)10-12(15)9-13(16)17/h11-12H,4-10H2,1-3H3,(H,16,17). The molecule has 17 heavy (non-hydrogen) atoms. The maximum absolute atomic E-state index is 11.0. The molecule has 0 aliphatic carbocycles. The summed E-state index contributed by atoms with van der Waals surface area (Å²) in [5.41, 5.74) is 0. The van der Waals surface area contributed by atoms with Crippen LogP contribution in [0, 0.1) is 0 Å². The van der Waals surface area contributed by atoms with Crippen LogP contribution in [-0.2, 0) is 4.79 Å². The minimum absolute atomic E-state index is 0.168. The van der Waals surface area contributed by atoms with Gasteiger partial charge in [-0.15, -0.1) is 0 Å². The second-order valence-electron chi connectivity index (χ2n) is 5.24. The average Bonchev–Trinajstić information content (AvgIpc) is 2.37. The maximum Gasteiger partial charge on any atom is 0.304 e. The molecule has 1 heterocycles. The van der Waals surface area contributed by atoms with Crippen molar-refractivity contribution in [2.75, 3.05) is 26.7 Å². The van der Waals surface area contributed by atoms with Crippen LogP contribution in [0.4, 0.5) is 0 Å². The summed E-state index contributed by atoms with van der Waals surface area (Å²) in [6.45, 7) is 7.38. The Morgan fingerprint density at radius 1 is 1.47 bits per heavy atom. The highest BCUT2D eigenvalue weighted by Gasteiger charge is 2.29. The summed E-state index contributed by atoms with van der Waals surface area (Å²) in [4.78, 5) is 15.6. The molecule has 2 atom stereocenters. The number of hydrogen-bond acceptors (Lipinski definition) is 3. The number of carboxylic acid groups (broad SMARTS) is 1. The fraction of sp³-hybridized carbons (Fsp3) is 0.923. The van der Waals surface area contributed by atoms with Crippen molar-refractivity contribution in [3.8, 4) is 0 Å². The number of hydrogen-bond donors (Lipinski definition) is 1. The molecule has 1 rings (SSSR count). The van der Waals surface area contributed by atoms with E-state index in [2.05, 4.69) is 30.7 Å². The molecule has 4 nitrogen and oxygen atoms in total. The van der Waals surface area contributed by atoms with Gasteiger partial charge in [0.15, 0.2) is 0 Å². The SMILES string of the molecule is CCCCN1C(C)CCN(C)CC1CC(=O)O. The van der Waals surface area contributed by atoms with Crippen molar-refractivity contribution in [2.24, 2.45) is 0 Å². The molecule has 0 radical (unpaired) electrons. The molecule has 0 saturated carbocycles. The van der Waals surface area contributed by atoms with E-state index < -0.39 is 5.97 Å². The van der Waals surface area contributed by atoms with Gasteiger partial charge in [-0.05, 0) is 39.9 Å². The van der Waals surface area contributed by atoms with Crippen LogP contribution >= 0.6 is 0 Å². The van der Waals surface area contributed by atoms with E-state index in [0.29, 0.717) is 6.04 Å². The Balaban J connectivity index is 2.69. The van der Waals surface area contributed by atoms with Crippen molar-refractivity contribution < 1.29 is 9.90 Å². The molecule has 1 aliphatic heterocycles. The van der Waals surface area contributed by atoms with Crippen molar-refractivity contribution in [2.45, 2.75) is 51.6 Å². The molecule has 100 valence electrons. The van der Waals surface area contributed by atoms with Gasteiger partial charge in [0.1, 0.15) is 0 Å². The number of unbranched alkanes of at least 4 members (excludes halogenated alkanes) is 1. The van der Waals surface area contributed by atoms with E-state index in [0.717, 1.165) is 32.5 Å². The Bertz CT molecular complexity index is 246. The van der Waals surface area contributed by atoms with Crippen molar-refractivity contribution in [3.05, 3.63) is 0 Å². The number of nitrogens with zero attached hydrogens (tertiary/aromatic N) is 2. The summed E-state index contributed by atoms with van der Waals surface area (Å²) >= 11 is 0. The monoisotopic (exact) mass is 242 g/mol. The molecular weight excluding hydrogens is 216 g/mol. The molecule has 1 aliphatic rings. The topological polar surface area (TPSA) is 43.8 Å². The number of carboxylic acids is 1. The van der Waals surface area contributed by atoms with Crippen molar-refractivity contribution in [3.63, 3.8) is 0 Å². The number of likely N-dealkylation sites (N-methyl/N-ethyl adjacent to an activating group) is 1. The van der Waals surface area contributed by atoms with E-state index in [1.54, 1.807) is 0 Å². The molecule has 1 saturated heterocycles. The number of carbonyl (C=O) groups is 1. The lowest BCUT2D eigenvalue weighted by atomic mass is 10.1. The highest BCUT2D eigenvalue weighted by Crippen LogP contribution is 2.18. The molecule has 0 amide bonds.